The number of nitrogens with zero attached hydrogens (tertiary/aromatic N) is 2. The van der Waals surface area contributed by atoms with E-state index >= 15 is 0 Å². The molecule has 0 unspecified atom stereocenters. The van der Waals surface area contributed by atoms with Gasteiger partial charge in [-0.1, -0.05) is 24.3 Å². The van der Waals surface area contributed by atoms with Gasteiger partial charge in [-0.3, -0.25) is 9.89 Å². The van der Waals surface area contributed by atoms with Crippen LogP contribution in [0.4, 0.5) is 5.69 Å². The van der Waals surface area contributed by atoms with Crippen LogP contribution in [0.25, 0.3) is 0 Å². The van der Waals surface area contributed by atoms with Gasteiger partial charge in [0, 0.05) is 31.9 Å². The zero-order valence-electron chi connectivity index (χ0n) is 19.2. The van der Waals surface area contributed by atoms with Crippen molar-refractivity contribution in [3.05, 3.63) is 77.7 Å². The molecular formula is C25H32N4O3. The Bertz CT molecular complexity index is 1000. The number of furan rings is 1. The van der Waals surface area contributed by atoms with Crippen molar-refractivity contribution in [1.29, 1.82) is 0 Å². The fourth-order valence-corrected chi connectivity index (χ4v) is 3.41. The summed E-state index contributed by atoms with van der Waals surface area (Å²) in [6.45, 7) is 4.77. The first-order chi connectivity index (χ1) is 15.6. The zero-order valence-corrected chi connectivity index (χ0v) is 19.2. The van der Waals surface area contributed by atoms with Crippen LogP contribution in [0.1, 0.15) is 23.8 Å². The number of hydrogen-bond acceptors (Lipinski definition) is 5. The van der Waals surface area contributed by atoms with Gasteiger partial charge in [0.2, 0.25) is 0 Å². The number of rotatable bonds is 10. The van der Waals surface area contributed by atoms with Crippen LogP contribution in [0.2, 0.25) is 0 Å². The summed E-state index contributed by atoms with van der Waals surface area (Å²) in [4.78, 5) is 6.59. The second-order valence-corrected chi connectivity index (χ2v) is 7.37. The van der Waals surface area contributed by atoms with Crippen LogP contribution < -0.4 is 20.1 Å². The molecule has 0 aliphatic carbocycles. The largest absolute Gasteiger partial charge is 0.493 e. The predicted molar refractivity (Wildman–Crippen MR) is 128 cm³/mol. The van der Waals surface area contributed by atoms with Gasteiger partial charge >= 0.3 is 0 Å². The second kappa shape index (κ2) is 11.8. The molecule has 0 fully saturated rings. The van der Waals surface area contributed by atoms with Gasteiger partial charge in [-0.25, -0.2) is 0 Å². The van der Waals surface area contributed by atoms with Crippen molar-refractivity contribution in [3.63, 3.8) is 0 Å². The number of aliphatic imine (C=N–C) groups is 1. The molecule has 0 spiro atoms. The fourth-order valence-electron chi connectivity index (χ4n) is 3.41. The lowest BCUT2D eigenvalue weighted by atomic mass is 10.1. The molecule has 0 saturated heterocycles. The molecule has 3 rings (SSSR count). The van der Waals surface area contributed by atoms with Gasteiger partial charge in [0.1, 0.15) is 5.76 Å². The van der Waals surface area contributed by atoms with Crippen LogP contribution in [0, 0.1) is 0 Å². The van der Waals surface area contributed by atoms with E-state index in [1.54, 1.807) is 20.4 Å². The molecule has 3 aromatic rings. The quantitative estimate of drug-likeness (QED) is 0.360. The molecule has 7 nitrogen and oxygen atoms in total. The van der Waals surface area contributed by atoms with E-state index in [1.165, 1.54) is 11.1 Å². The normalized spacial score (nSPS) is 11.5. The van der Waals surface area contributed by atoms with Gasteiger partial charge in [0.15, 0.2) is 17.5 Å². The Hall–Kier alpha value is -3.45. The molecule has 170 valence electrons. The first-order valence-electron chi connectivity index (χ1n) is 10.7. The van der Waals surface area contributed by atoms with E-state index < -0.39 is 0 Å². The number of anilines is 1. The average Bonchev–Trinajstić information content (AvgIpc) is 3.31. The summed E-state index contributed by atoms with van der Waals surface area (Å²) in [5.41, 5.74) is 3.34. The number of ether oxygens (including phenoxy) is 2. The Morgan fingerprint density at radius 2 is 1.84 bits per heavy atom. The third-order valence-electron chi connectivity index (χ3n) is 4.96. The van der Waals surface area contributed by atoms with Crippen molar-refractivity contribution >= 4 is 11.6 Å². The SMILES string of the molecule is CCOc1ccc(NC(=NC)NCc2ccccc2CN(C)Cc2ccco2)cc1OC. The highest BCUT2D eigenvalue weighted by molar-refractivity contribution is 5.93. The Morgan fingerprint density at radius 3 is 2.53 bits per heavy atom. The maximum atomic E-state index is 5.59. The van der Waals surface area contributed by atoms with Crippen LogP contribution in [-0.4, -0.2) is 38.7 Å². The molecule has 0 radical (unpaired) electrons. The van der Waals surface area contributed by atoms with E-state index in [1.807, 2.05) is 37.3 Å². The summed E-state index contributed by atoms with van der Waals surface area (Å²) in [6, 6.07) is 18.1. The molecule has 32 heavy (non-hydrogen) atoms. The van der Waals surface area contributed by atoms with Crippen molar-refractivity contribution < 1.29 is 13.9 Å². The first-order valence-corrected chi connectivity index (χ1v) is 10.7. The van der Waals surface area contributed by atoms with E-state index in [4.69, 9.17) is 13.9 Å². The zero-order chi connectivity index (χ0) is 22.8. The van der Waals surface area contributed by atoms with E-state index in [9.17, 15) is 0 Å². The minimum Gasteiger partial charge on any atom is -0.493 e. The third-order valence-corrected chi connectivity index (χ3v) is 4.96. The summed E-state index contributed by atoms with van der Waals surface area (Å²) in [6.07, 6.45) is 1.71. The lowest BCUT2D eigenvalue weighted by Crippen LogP contribution is -2.30. The fraction of sp³-hybridized carbons (Fsp3) is 0.320. The minimum absolute atomic E-state index is 0.586. The Morgan fingerprint density at radius 1 is 1.03 bits per heavy atom. The maximum absolute atomic E-state index is 5.59. The molecule has 0 bridgehead atoms. The highest BCUT2D eigenvalue weighted by Crippen LogP contribution is 2.30. The second-order valence-electron chi connectivity index (χ2n) is 7.37. The van der Waals surface area contributed by atoms with Crippen molar-refractivity contribution in [2.75, 3.05) is 33.1 Å². The molecule has 2 N–H and O–H groups in total. The molecule has 0 aliphatic heterocycles. The van der Waals surface area contributed by atoms with Crippen LogP contribution in [0.5, 0.6) is 11.5 Å². The van der Waals surface area contributed by atoms with E-state index in [-0.39, 0.29) is 0 Å². The number of guanidine groups is 1. The van der Waals surface area contributed by atoms with Crippen LogP contribution in [0.3, 0.4) is 0 Å². The molecule has 2 aromatic carbocycles. The van der Waals surface area contributed by atoms with Crippen molar-refractivity contribution in [2.45, 2.75) is 26.6 Å². The molecule has 0 atom stereocenters. The Labute approximate surface area is 190 Å². The van der Waals surface area contributed by atoms with Crippen molar-refractivity contribution in [2.24, 2.45) is 4.99 Å². The lowest BCUT2D eigenvalue weighted by Gasteiger charge is -2.19. The molecule has 0 amide bonds. The Balaban J connectivity index is 1.61. The smallest absolute Gasteiger partial charge is 0.195 e. The summed E-state index contributed by atoms with van der Waals surface area (Å²) in [5, 5.41) is 6.71. The highest BCUT2D eigenvalue weighted by atomic mass is 16.5. The summed E-state index contributed by atoms with van der Waals surface area (Å²) in [5.74, 6) is 3.03. The van der Waals surface area contributed by atoms with Gasteiger partial charge in [-0.15, -0.1) is 0 Å². The topological polar surface area (TPSA) is 71.3 Å². The van der Waals surface area contributed by atoms with Crippen molar-refractivity contribution in [3.8, 4) is 11.5 Å². The lowest BCUT2D eigenvalue weighted by molar-refractivity contribution is 0.287. The van der Waals surface area contributed by atoms with Crippen LogP contribution in [0.15, 0.2) is 70.3 Å². The van der Waals surface area contributed by atoms with E-state index in [0.29, 0.717) is 24.9 Å². The number of benzene rings is 2. The summed E-state index contributed by atoms with van der Waals surface area (Å²) >= 11 is 0. The maximum Gasteiger partial charge on any atom is 0.195 e. The van der Waals surface area contributed by atoms with Gasteiger partial charge < -0.3 is 24.5 Å². The molecule has 0 aliphatic rings. The number of hydrogen-bond donors (Lipinski definition) is 2. The van der Waals surface area contributed by atoms with Gasteiger partial charge in [0.25, 0.3) is 0 Å². The first kappa shape index (κ1) is 23.2. The van der Waals surface area contributed by atoms with E-state index in [0.717, 1.165) is 30.3 Å². The van der Waals surface area contributed by atoms with Crippen LogP contribution in [-0.2, 0) is 19.6 Å². The summed E-state index contributed by atoms with van der Waals surface area (Å²) in [7, 11) is 5.48. The van der Waals surface area contributed by atoms with Gasteiger partial charge in [-0.05, 0) is 49.4 Å². The van der Waals surface area contributed by atoms with Gasteiger partial charge in [-0.2, -0.15) is 0 Å². The van der Waals surface area contributed by atoms with Crippen molar-refractivity contribution in [1.82, 2.24) is 10.2 Å². The highest BCUT2D eigenvalue weighted by Gasteiger charge is 2.10. The molecule has 7 heteroatoms. The molecule has 1 aromatic heterocycles. The third kappa shape index (κ3) is 6.52. The number of nitrogens with one attached hydrogen (secondary N) is 2. The Kier molecular flexibility index (Phi) is 8.57. The molecule has 0 saturated carbocycles. The minimum atomic E-state index is 0.586. The predicted octanol–water partition coefficient (Wildman–Crippen LogP) is 4.51. The van der Waals surface area contributed by atoms with Crippen LogP contribution >= 0.6 is 0 Å². The summed E-state index contributed by atoms with van der Waals surface area (Å²) < 4.78 is 16.5. The van der Waals surface area contributed by atoms with E-state index in [2.05, 4.69) is 51.8 Å². The van der Waals surface area contributed by atoms with Gasteiger partial charge in [0.05, 0.1) is 26.5 Å². The monoisotopic (exact) mass is 436 g/mol. The number of methoxy groups -OCH3 is 1. The standard InChI is InChI=1S/C25H32N4O3/c1-5-31-23-13-12-21(15-24(23)30-4)28-25(26-2)27-16-19-9-6-7-10-20(19)17-29(3)18-22-11-8-14-32-22/h6-15H,5,16-18H2,1-4H3,(H2,26,27,28). The average molecular weight is 437 g/mol. The molecule has 1 heterocycles. The molecular weight excluding hydrogens is 404 g/mol.